The lowest BCUT2D eigenvalue weighted by molar-refractivity contribution is 0.431. The van der Waals surface area contributed by atoms with Gasteiger partial charge in [-0.1, -0.05) is 0 Å². The van der Waals surface area contributed by atoms with Crippen LogP contribution in [-0.2, 0) is 13.5 Å². The molecule has 0 aliphatic heterocycles. The van der Waals surface area contributed by atoms with Gasteiger partial charge in [0.05, 0.1) is 0 Å². The van der Waals surface area contributed by atoms with Gasteiger partial charge in [0, 0.05) is 43.8 Å². The molecule has 1 rings (SSSR count). The van der Waals surface area contributed by atoms with E-state index in [1.54, 1.807) is 0 Å². The van der Waals surface area contributed by atoms with Gasteiger partial charge in [0.1, 0.15) is 5.82 Å². The third-order valence-corrected chi connectivity index (χ3v) is 2.88. The highest BCUT2D eigenvalue weighted by Crippen LogP contribution is 2.04. The number of nitrogens with zero attached hydrogens (tertiary/aromatic N) is 2. The van der Waals surface area contributed by atoms with Crippen LogP contribution in [0.15, 0.2) is 12.4 Å². The van der Waals surface area contributed by atoms with Crippen LogP contribution in [0, 0.1) is 0 Å². The van der Waals surface area contributed by atoms with Crippen LogP contribution in [0.3, 0.4) is 0 Å². The molecule has 0 saturated heterocycles. The maximum atomic E-state index is 5.80. The number of aryl methyl sites for hydroxylation is 1. The molecule has 0 spiro atoms. The zero-order valence-corrected chi connectivity index (χ0v) is 9.80. The largest absolute Gasteiger partial charge is 0.338 e. The highest BCUT2D eigenvalue weighted by molar-refractivity contribution is 6.18. The SMILES string of the molecule is Cn1ccnc1CCNC(C)(C)CCl. The molecular weight excluding hydrogens is 198 g/mol. The Labute approximate surface area is 90.5 Å². The Kier molecular flexibility index (Phi) is 3.96. The molecule has 80 valence electrons. The second-order valence-corrected chi connectivity index (χ2v) is 4.42. The first-order valence-electron chi connectivity index (χ1n) is 4.82. The van der Waals surface area contributed by atoms with Gasteiger partial charge >= 0.3 is 0 Å². The van der Waals surface area contributed by atoms with Crippen molar-refractivity contribution in [2.45, 2.75) is 25.8 Å². The molecule has 0 aliphatic rings. The fraction of sp³-hybridized carbons (Fsp3) is 0.700. The van der Waals surface area contributed by atoms with Crippen LogP contribution in [0.25, 0.3) is 0 Å². The molecule has 0 fully saturated rings. The third kappa shape index (κ3) is 3.31. The number of alkyl halides is 1. The maximum absolute atomic E-state index is 5.80. The summed E-state index contributed by atoms with van der Waals surface area (Å²) < 4.78 is 2.04. The summed E-state index contributed by atoms with van der Waals surface area (Å²) in [5.74, 6) is 1.72. The lowest BCUT2D eigenvalue weighted by Gasteiger charge is -2.23. The molecule has 3 nitrogen and oxygen atoms in total. The topological polar surface area (TPSA) is 29.9 Å². The quantitative estimate of drug-likeness (QED) is 0.756. The number of aromatic nitrogens is 2. The highest BCUT2D eigenvalue weighted by Gasteiger charge is 2.14. The molecule has 0 aromatic carbocycles. The minimum Gasteiger partial charge on any atom is -0.338 e. The van der Waals surface area contributed by atoms with Gasteiger partial charge in [0.2, 0.25) is 0 Å². The van der Waals surface area contributed by atoms with Crippen molar-refractivity contribution in [3.05, 3.63) is 18.2 Å². The minimum absolute atomic E-state index is 0.00667. The van der Waals surface area contributed by atoms with Crippen molar-refractivity contribution in [1.82, 2.24) is 14.9 Å². The molecule has 1 aromatic rings. The highest BCUT2D eigenvalue weighted by atomic mass is 35.5. The van der Waals surface area contributed by atoms with Crippen LogP contribution >= 0.6 is 11.6 Å². The van der Waals surface area contributed by atoms with E-state index >= 15 is 0 Å². The Bertz CT molecular complexity index is 281. The molecule has 4 heteroatoms. The number of rotatable bonds is 5. The average Bonchev–Trinajstić information content (AvgIpc) is 2.52. The van der Waals surface area contributed by atoms with Crippen molar-refractivity contribution in [2.24, 2.45) is 7.05 Å². The maximum Gasteiger partial charge on any atom is 0.109 e. The molecule has 1 aromatic heterocycles. The van der Waals surface area contributed by atoms with Crippen LogP contribution in [0.2, 0.25) is 0 Å². The van der Waals surface area contributed by atoms with E-state index in [1.807, 2.05) is 24.0 Å². The van der Waals surface area contributed by atoms with E-state index < -0.39 is 0 Å². The monoisotopic (exact) mass is 215 g/mol. The standard InChI is InChI=1S/C10H18ClN3/c1-10(2,8-11)13-5-4-9-12-6-7-14(9)3/h6-7,13H,4-5,8H2,1-3H3. The van der Waals surface area contributed by atoms with Gasteiger partial charge in [0.15, 0.2) is 0 Å². The van der Waals surface area contributed by atoms with Crippen LogP contribution in [0.1, 0.15) is 19.7 Å². The van der Waals surface area contributed by atoms with E-state index in [0.717, 1.165) is 18.8 Å². The summed E-state index contributed by atoms with van der Waals surface area (Å²) in [6, 6.07) is 0. The van der Waals surface area contributed by atoms with E-state index in [2.05, 4.69) is 24.1 Å². The summed E-state index contributed by atoms with van der Waals surface area (Å²) >= 11 is 5.80. The first kappa shape index (κ1) is 11.5. The number of hydrogen-bond acceptors (Lipinski definition) is 2. The van der Waals surface area contributed by atoms with E-state index in [0.29, 0.717) is 5.88 Å². The Morgan fingerprint density at radius 2 is 2.29 bits per heavy atom. The van der Waals surface area contributed by atoms with Crippen molar-refractivity contribution in [3.63, 3.8) is 0 Å². The Hall–Kier alpha value is -0.540. The Balaban J connectivity index is 2.32. The molecule has 14 heavy (non-hydrogen) atoms. The van der Waals surface area contributed by atoms with Gasteiger partial charge < -0.3 is 9.88 Å². The first-order valence-corrected chi connectivity index (χ1v) is 5.36. The van der Waals surface area contributed by atoms with Crippen molar-refractivity contribution in [3.8, 4) is 0 Å². The van der Waals surface area contributed by atoms with Gasteiger partial charge in [-0.3, -0.25) is 0 Å². The first-order chi connectivity index (χ1) is 6.55. The van der Waals surface area contributed by atoms with E-state index in [-0.39, 0.29) is 5.54 Å². The predicted octanol–water partition coefficient (Wildman–Crippen LogP) is 1.57. The van der Waals surface area contributed by atoms with Gasteiger partial charge in [-0.05, 0) is 13.8 Å². The van der Waals surface area contributed by atoms with Gasteiger partial charge in [-0.2, -0.15) is 0 Å². The smallest absolute Gasteiger partial charge is 0.109 e. The van der Waals surface area contributed by atoms with E-state index in [4.69, 9.17) is 11.6 Å². The second kappa shape index (κ2) is 4.80. The van der Waals surface area contributed by atoms with Crippen molar-refractivity contribution < 1.29 is 0 Å². The summed E-state index contributed by atoms with van der Waals surface area (Å²) in [6.45, 7) is 5.10. The number of hydrogen-bond donors (Lipinski definition) is 1. The summed E-state index contributed by atoms with van der Waals surface area (Å²) in [5, 5.41) is 3.39. The van der Waals surface area contributed by atoms with Crippen LogP contribution in [0.4, 0.5) is 0 Å². The molecule has 0 radical (unpaired) electrons. The van der Waals surface area contributed by atoms with Gasteiger partial charge in [-0.15, -0.1) is 11.6 Å². The molecule has 0 bridgehead atoms. The minimum atomic E-state index is 0.00667. The third-order valence-electron chi connectivity index (χ3n) is 2.21. The summed E-state index contributed by atoms with van der Waals surface area (Å²) in [5.41, 5.74) is 0.00667. The lowest BCUT2D eigenvalue weighted by Crippen LogP contribution is -2.42. The van der Waals surface area contributed by atoms with E-state index in [9.17, 15) is 0 Å². The zero-order chi connectivity index (χ0) is 10.6. The summed E-state index contributed by atoms with van der Waals surface area (Å²) in [7, 11) is 2.01. The summed E-state index contributed by atoms with van der Waals surface area (Å²) in [4.78, 5) is 4.25. The number of imidazole rings is 1. The molecular formula is C10H18ClN3. The zero-order valence-electron chi connectivity index (χ0n) is 9.05. The Morgan fingerprint density at radius 1 is 1.57 bits per heavy atom. The molecule has 0 unspecified atom stereocenters. The molecule has 0 amide bonds. The average molecular weight is 216 g/mol. The lowest BCUT2D eigenvalue weighted by atomic mass is 10.1. The predicted molar refractivity (Wildman–Crippen MR) is 59.7 cm³/mol. The number of nitrogens with one attached hydrogen (secondary N) is 1. The molecule has 0 saturated carbocycles. The summed E-state index contributed by atoms with van der Waals surface area (Å²) in [6.07, 6.45) is 4.72. The van der Waals surface area contributed by atoms with Crippen molar-refractivity contribution >= 4 is 11.6 Å². The fourth-order valence-electron chi connectivity index (χ4n) is 1.20. The molecule has 1 heterocycles. The molecule has 1 N–H and O–H groups in total. The van der Waals surface area contributed by atoms with Gasteiger partial charge in [-0.25, -0.2) is 4.98 Å². The van der Waals surface area contributed by atoms with Crippen molar-refractivity contribution in [2.75, 3.05) is 12.4 Å². The van der Waals surface area contributed by atoms with Gasteiger partial charge in [0.25, 0.3) is 0 Å². The fourth-order valence-corrected chi connectivity index (χ4v) is 1.29. The van der Waals surface area contributed by atoms with Crippen LogP contribution in [0.5, 0.6) is 0 Å². The molecule has 0 atom stereocenters. The second-order valence-electron chi connectivity index (χ2n) is 4.15. The van der Waals surface area contributed by atoms with Crippen molar-refractivity contribution in [1.29, 1.82) is 0 Å². The Morgan fingerprint density at radius 3 is 2.79 bits per heavy atom. The van der Waals surface area contributed by atoms with E-state index in [1.165, 1.54) is 0 Å². The normalized spacial score (nSPS) is 12.0. The number of halogens is 1. The molecule has 0 aliphatic carbocycles. The van der Waals surface area contributed by atoms with Crippen LogP contribution in [-0.4, -0.2) is 27.5 Å². The van der Waals surface area contributed by atoms with Crippen LogP contribution < -0.4 is 5.32 Å².